The lowest BCUT2D eigenvalue weighted by Crippen LogP contribution is -2.35. The third kappa shape index (κ3) is 2.51. The number of carboxylic acids is 1. The molecule has 2 rings (SSSR count). The van der Waals surface area contributed by atoms with Gasteiger partial charge in [-0.15, -0.1) is 0 Å². The molecule has 1 aromatic rings. The molecule has 2 heterocycles. The average molecular weight is 253 g/mol. The fraction of sp³-hybridized carbons (Fsp3) is 0.545. The first-order valence-corrected chi connectivity index (χ1v) is 5.73. The van der Waals surface area contributed by atoms with E-state index in [1.54, 1.807) is 7.05 Å². The Morgan fingerprint density at radius 3 is 3.06 bits per heavy atom. The van der Waals surface area contributed by atoms with Crippen LogP contribution in [0.1, 0.15) is 33.8 Å². The number of likely N-dealkylation sites (N-methyl/N-ethyl adjacent to an activating group) is 1. The van der Waals surface area contributed by atoms with Crippen LogP contribution in [0.4, 0.5) is 0 Å². The third-order valence-electron chi connectivity index (χ3n) is 2.90. The van der Waals surface area contributed by atoms with Gasteiger partial charge in [0.05, 0.1) is 12.4 Å². The van der Waals surface area contributed by atoms with Crippen molar-refractivity contribution in [2.45, 2.75) is 18.9 Å². The molecule has 0 aromatic carbocycles. The van der Waals surface area contributed by atoms with Gasteiger partial charge in [-0.05, 0) is 12.8 Å². The van der Waals surface area contributed by atoms with Crippen LogP contribution in [0.3, 0.4) is 0 Å². The van der Waals surface area contributed by atoms with E-state index in [-0.39, 0.29) is 17.5 Å². The van der Waals surface area contributed by atoms with Crippen LogP contribution in [-0.2, 0) is 4.74 Å². The summed E-state index contributed by atoms with van der Waals surface area (Å²) in [5.74, 6) is -1.61. The largest absolute Gasteiger partial charge is 0.477 e. The van der Waals surface area contributed by atoms with Gasteiger partial charge in [-0.25, -0.2) is 9.78 Å². The molecule has 1 saturated heterocycles. The molecule has 7 nitrogen and oxygen atoms in total. The number of ether oxygens (including phenoxy) is 1. The number of aromatic amines is 1. The molecular weight excluding hydrogens is 238 g/mol. The fourth-order valence-electron chi connectivity index (χ4n) is 1.98. The van der Waals surface area contributed by atoms with E-state index in [0.29, 0.717) is 6.54 Å². The van der Waals surface area contributed by atoms with Crippen LogP contribution in [0.15, 0.2) is 6.33 Å². The van der Waals surface area contributed by atoms with Gasteiger partial charge in [-0.3, -0.25) is 4.79 Å². The van der Waals surface area contributed by atoms with E-state index in [0.717, 1.165) is 19.4 Å². The first-order chi connectivity index (χ1) is 8.59. The second kappa shape index (κ2) is 5.18. The van der Waals surface area contributed by atoms with Crippen LogP contribution in [0.25, 0.3) is 0 Å². The topological polar surface area (TPSA) is 95.5 Å². The quantitative estimate of drug-likeness (QED) is 0.807. The molecule has 2 N–H and O–H groups in total. The predicted molar refractivity (Wildman–Crippen MR) is 61.5 cm³/mol. The molecule has 1 unspecified atom stereocenters. The van der Waals surface area contributed by atoms with E-state index in [4.69, 9.17) is 9.84 Å². The standard InChI is InChI=1S/C11H15N3O4/c1-14(5-7-3-2-4-18-7)10(15)8-9(11(16)17)13-6-12-8/h6-7H,2-5H2,1H3,(H,12,13)(H,16,17). The smallest absolute Gasteiger partial charge is 0.354 e. The highest BCUT2D eigenvalue weighted by Crippen LogP contribution is 2.14. The molecule has 0 aliphatic carbocycles. The molecule has 1 aliphatic rings. The van der Waals surface area contributed by atoms with Gasteiger partial charge in [0, 0.05) is 20.2 Å². The number of imidazole rings is 1. The summed E-state index contributed by atoms with van der Waals surface area (Å²) in [4.78, 5) is 30.6. The van der Waals surface area contributed by atoms with Crippen molar-refractivity contribution in [3.63, 3.8) is 0 Å². The Bertz CT molecular complexity index is 451. The van der Waals surface area contributed by atoms with Crippen LogP contribution < -0.4 is 0 Å². The van der Waals surface area contributed by atoms with Crippen molar-refractivity contribution in [1.82, 2.24) is 14.9 Å². The minimum atomic E-state index is -1.19. The summed E-state index contributed by atoms with van der Waals surface area (Å²) in [6, 6.07) is 0. The Labute approximate surface area is 104 Å². The molecular formula is C11H15N3O4. The van der Waals surface area contributed by atoms with Crippen molar-refractivity contribution in [3.8, 4) is 0 Å². The summed E-state index contributed by atoms with van der Waals surface area (Å²) in [5, 5.41) is 8.90. The second-order valence-corrected chi connectivity index (χ2v) is 4.25. The maximum atomic E-state index is 12.0. The normalized spacial score (nSPS) is 18.8. The van der Waals surface area contributed by atoms with E-state index in [2.05, 4.69) is 9.97 Å². The van der Waals surface area contributed by atoms with E-state index < -0.39 is 11.9 Å². The number of amides is 1. The molecule has 1 atom stereocenters. The van der Waals surface area contributed by atoms with Crippen LogP contribution in [0.2, 0.25) is 0 Å². The zero-order chi connectivity index (χ0) is 13.1. The molecule has 0 bridgehead atoms. The highest BCUT2D eigenvalue weighted by Gasteiger charge is 2.25. The van der Waals surface area contributed by atoms with E-state index in [1.165, 1.54) is 11.2 Å². The number of aromatic nitrogens is 2. The lowest BCUT2D eigenvalue weighted by atomic mass is 10.2. The van der Waals surface area contributed by atoms with Crippen molar-refractivity contribution in [2.75, 3.05) is 20.2 Å². The Morgan fingerprint density at radius 1 is 1.67 bits per heavy atom. The first-order valence-electron chi connectivity index (χ1n) is 5.73. The van der Waals surface area contributed by atoms with Crippen molar-refractivity contribution in [3.05, 3.63) is 17.7 Å². The molecule has 0 saturated carbocycles. The molecule has 0 radical (unpaired) electrons. The van der Waals surface area contributed by atoms with Crippen LogP contribution >= 0.6 is 0 Å². The van der Waals surface area contributed by atoms with Gasteiger partial charge in [-0.1, -0.05) is 0 Å². The molecule has 1 aromatic heterocycles. The van der Waals surface area contributed by atoms with Gasteiger partial charge in [0.15, 0.2) is 11.4 Å². The zero-order valence-electron chi connectivity index (χ0n) is 10.0. The summed E-state index contributed by atoms with van der Waals surface area (Å²) >= 11 is 0. The monoisotopic (exact) mass is 253 g/mol. The molecule has 18 heavy (non-hydrogen) atoms. The molecule has 1 aliphatic heterocycles. The second-order valence-electron chi connectivity index (χ2n) is 4.25. The van der Waals surface area contributed by atoms with Crippen LogP contribution in [0, 0.1) is 0 Å². The van der Waals surface area contributed by atoms with Crippen molar-refractivity contribution < 1.29 is 19.4 Å². The van der Waals surface area contributed by atoms with Gasteiger partial charge < -0.3 is 19.7 Å². The van der Waals surface area contributed by atoms with E-state index in [9.17, 15) is 9.59 Å². The number of carbonyl (C=O) groups is 2. The fourth-order valence-corrected chi connectivity index (χ4v) is 1.98. The number of H-pyrrole nitrogens is 1. The minimum absolute atomic E-state index is 0.0335. The number of nitrogens with one attached hydrogen (secondary N) is 1. The van der Waals surface area contributed by atoms with Gasteiger partial charge in [-0.2, -0.15) is 0 Å². The van der Waals surface area contributed by atoms with E-state index in [1.807, 2.05) is 0 Å². The van der Waals surface area contributed by atoms with Gasteiger partial charge >= 0.3 is 5.97 Å². The number of rotatable bonds is 4. The number of carboxylic acid groups (broad SMARTS) is 1. The third-order valence-corrected chi connectivity index (χ3v) is 2.90. The van der Waals surface area contributed by atoms with Crippen LogP contribution in [0.5, 0.6) is 0 Å². The number of hydrogen-bond donors (Lipinski definition) is 2. The summed E-state index contributed by atoms with van der Waals surface area (Å²) in [5.41, 5.74) is -0.248. The molecule has 1 fully saturated rings. The lowest BCUT2D eigenvalue weighted by molar-refractivity contribution is 0.0573. The van der Waals surface area contributed by atoms with Gasteiger partial charge in [0.2, 0.25) is 0 Å². The summed E-state index contributed by atoms with van der Waals surface area (Å²) in [7, 11) is 1.62. The zero-order valence-corrected chi connectivity index (χ0v) is 10.0. The summed E-state index contributed by atoms with van der Waals surface area (Å²) in [6.45, 7) is 1.17. The predicted octanol–water partition coefficient (Wildman–Crippen LogP) is 0.359. The average Bonchev–Trinajstić information content (AvgIpc) is 2.97. The molecule has 98 valence electrons. The lowest BCUT2D eigenvalue weighted by Gasteiger charge is -2.20. The number of hydrogen-bond acceptors (Lipinski definition) is 4. The molecule has 1 amide bonds. The summed E-state index contributed by atoms with van der Waals surface area (Å²) in [6.07, 6.45) is 3.15. The van der Waals surface area contributed by atoms with Gasteiger partial charge in [0.25, 0.3) is 5.91 Å². The number of nitrogens with zero attached hydrogens (tertiary/aromatic N) is 2. The Kier molecular flexibility index (Phi) is 3.61. The van der Waals surface area contributed by atoms with Gasteiger partial charge in [0.1, 0.15) is 0 Å². The Balaban J connectivity index is 2.05. The number of carbonyl (C=O) groups excluding carboxylic acids is 1. The molecule has 7 heteroatoms. The van der Waals surface area contributed by atoms with E-state index >= 15 is 0 Å². The highest BCUT2D eigenvalue weighted by atomic mass is 16.5. The summed E-state index contributed by atoms with van der Waals surface area (Å²) < 4.78 is 5.43. The highest BCUT2D eigenvalue weighted by molar-refractivity contribution is 6.02. The Morgan fingerprint density at radius 2 is 2.44 bits per heavy atom. The maximum absolute atomic E-state index is 12.0. The maximum Gasteiger partial charge on any atom is 0.354 e. The Hall–Kier alpha value is -1.89. The van der Waals surface area contributed by atoms with Crippen molar-refractivity contribution >= 4 is 11.9 Å². The van der Waals surface area contributed by atoms with Crippen LogP contribution in [-0.4, -0.2) is 58.2 Å². The first kappa shape index (κ1) is 12.6. The van der Waals surface area contributed by atoms with Crippen molar-refractivity contribution in [1.29, 1.82) is 0 Å². The number of aromatic carboxylic acids is 1. The SMILES string of the molecule is CN(CC1CCCO1)C(=O)c1nc[nH]c1C(=O)O. The minimum Gasteiger partial charge on any atom is -0.477 e. The van der Waals surface area contributed by atoms with Crippen molar-refractivity contribution in [2.24, 2.45) is 0 Å². The molecule has 0 spiro atoms.